The van der Waals surface area contributed by atoms with E-state index in [-0.39, 0.29) is 22.6 Å². The zero-order chi connectivity index (χ0) is 24.0. The SMILES string of the molecule is CC(C)CCNC(=O)C1CCN(C(=O)c2cccc(NS(=O)(=O)c3ccc(Cl)cc3)c2)CC1. The number of hydrogen-bond donors (Lipinski definition) is 2. The summed E-state index contributed by atoms with van der Waals surface area (Å²) in [5.41, 5.74) is 0.696. The molecule has 1 fully saturated rings. The van der Waals surface area contributed by atoms with Crippen molar-refractivity contribution in [3.8, 4) is 0 Å². The number of nitrogens with zero attached hydrogens (tertiary/aromatic N) is 1. The fraction of sp³-hybridized carbons (Fsp3) is 0.417. The summed E-state index contributed by atoms with van der Waals surface area (Å²) in [6.07, 6.45) is 2.17. The fourth-order valence-electron chi connectivity index (χ4n) is 3.70. The van der Waals surface area contributed by atoms with Gasteiger partial charge in [-0.1, -0.05) is 31.5 Å². The lowest BCUT2D eigenvalue weighted by Gasteiger charge is -2.31. The number of rotatable bonds is 8. The zero-order valence-corrected chi connectivity index (χ0v) is 20.5. The lowest BCUT2D eigenvalue weighted by molar-refractivity contribution is -0.126. The van der Waals surface area contributed by atoms with Gasteiger partial charge in [0, 0.05) is 41.8 Å². The van der Waals surface area contributed by atoms with Gasteiger partial charge in [0.2, 0.25) is 5.91 Å². The third-order valence-corrected chi connectivity index (χ3v) is 7.31. The molecule has 0 spiro atoms. The molecule has 3 rings (SSSR count). The van der Waals surface area contributed by atoms with Crippen LogP contribution >= 0.6 is 11.6 Å². The highest BCUT2D eigenvalue weighted by Crippen LogP contribution is 2.22. The summed E-state index contributed by atoms with van der Waals surface area (Å²) in [4.78, 5) is 27.1. The van der Waals surface area contributed by atoms with E-state index in [0.717, 1.165) is 6.42 Å². The normalized spacial score (nSPS) is 14.8. The van der Waals surface area contributed by atoms with Gasteiger partial charge < -0.3 is 10.2 Å². The number of nitrogens with one attached hydrogen (secondary N) is 2. The lowest BCUT2D eigenvalue weighted by Crippen LogP contribution is -2.43. The molecule has 2 amide bonds. The molecular formula is C24H30ClN3O4S. The number of amides is 2. The number of hydrogen-bond acceptors (Lipinski definition) is 4. The second-order valence-corrected chi connectivity index (χ2v) is 10.8. The quantitative estimate of drug-likeness (QED) is 0.579. The Morgan fingerprint density at radius 3 is 2.39 bits per heavy atom. The van der Waals surface area contributed by atoms with Crippen molar-refractivity contribution in [3.63, 3.8) is 0 Å². The first-order chi connectivity index (χ1) is 15.7. The number of halogens is 1. The van der Waals surface area contributed by atoms with Crippen molar-refractivity contribution in [3.05, 3.63) is 59.1 Å². The topological polar surface area (TPSA) is 95.6 Å². The maximum atomic E-state index is 13.0. The molecule has 178 valence electrons. The molecule has 1 aliphatic rings. The molecule has 1 saturated heterocycles. The van der Waals surface area contributed by atoms with Crippen LogP contribution in [0.5, 0.6) is 0 Å². The summed E-state index contributed by atoms with van der Waals surface area (Å²) in [5.74, 6) is 0.331. The van der Waals surface area contributed by atoms with Crippen LogP contribution in [0.2, 0.25) is 5.02 Å². The van der Waals surface area contributed by atoms with Gasteiger partial charge in [0.15, 0.2) is 0 Å². The Morgan fingerprint density at radius 2 is 1.76 bits per heavy atom. The number of likely N-dealkylation sites (tertiary alicyclic amines) is 1. The average molecular weight is 492 g/mol. The molecule has 0 radical (unpaired) electrons. The average Bonchev–Trinajstić information content (AvgIpc) is 2.78. The van der Waals surface area contributed by atoms with E-state index in [0.29, 0.717) is 54.7 Å². The number of sulfonamides is 1. The van der Waals surface area contributed by atoms with E-state index in [1.807, 2.05) is 0 Å². The molecule has 0 bridgehead atoms. The van der Waals surface area contributed by atoms with Gasteiger partial charge in [-0.25, -0.2) is 8.42 Å². The molecule has 9 heteroatoms. The molecule has 0 atom stereocenters. The first kappa shape index (κ1) is 25.1. The van der Waals surface area contributed by atoms with Crippen molar-refractivity contribution in [2.45, 2.75) is 38.0 Å². The highest BCUT2D eigenvalue weighted by Gasteiger charge is 2.28. The van der Waals surface area contributed by atoms with Crippen molar-refractivity contribution in [2.24, 2.45) is 11.8 Å². The van der Waals surface area contributed by atoms with Gasteiger partial charge in [0.1, 0.15) is 0 Å². The van der Waals surface area contributed by atoms with E-state index in [2.05, 4.69) is 23.9 Å². The summed E-state index contributed by atoms with van der Waals surface area (Å²) in [6, 6.07) is 12.3. The zero-order valence-electron chi connectivity index (χ0n) is 18.9. The number of piperidine rings is 1. The minimum Gasteiger partial charge on any atom is -0.356 e. The van der Waals surface area contributed by atoms with Crippen molar-refractivity contribution < 1.29 is 18.0 Å². The van der Waals surface area contributed by atoms with Gasteiger partial charge in [0.05, 0.1) is 4.90 Å². The maximum absolute atomic E-state index is 13.0. The number of benzene rings is 2. The van der Waals surface area contributed by atoms with Crippen LogP contribution in [0.15, 0.2) is 53.4 Å². The lowest BCUT2D eigenvalue weighted by atomic mass is 9.95. The van der Waals surface area contributed by atoms with Gasteiger partial charge in [0.25, 0.3) is 15.9 Å². The van der Waals surface area contributed by atoms with Gasteiger partial charge in [-0.05, 0) is 67.6 Å². The van der Waals surface area contributed by atoms with Crippen LogP contribution in [0.3, 0.4) is 0 Å². The van der Waals surface area contributed by atoms with Crippen LogP contribution in [0.1, 0.15) is 43.5 Å². The van der Waals surface area contributed by atoms with Crippen molar-refractivity contribution in [1.82, 2.24) is 10.2 Å². The number of carbonyl (C=O) groups is 2. The van der Waals surface area contributed by atoms with E-state index < -0.39 is 10.0 Å². The molecule has 0 saturated carbocycles. The van der Waals surface area contributed by atoms with Crippen LogP contribution in [-0.2, 0) is 14.8 Å². The van der Waals surface area contributed by atoms with E-state index >= 15 is 0 Å². The smallest absolute Gasteiger partial charge is 0.261 e. The molecular weight excluding hydrogens is 462 g/mol. The standard InChI is InChI=1S/C24H30ClN3O4S/c1-17(2)10-13-26-23(29)18-11-14-28(15-12-18)24(30)19-4-3-5-21(16-19)27-33(31,32)22-8-6-20(25)7-9-22/h3-9,16-18,27H,10-15H2,1-2H3,(H,26,29). The number of carbonyl (C=O) groups excluding carboxylic acids is 2. The molecule has 2 aromatic rings. The van der Waals surface area contributed by atoms with Gasteiger partial charge in [-0.3, -0.25) is 14.3 Å². The molecule has 2 N–H and O–H groups in total. The Hall–Kier alpha value is -2.58. The summed E-state index contributed by atoms with van der Waals surface area (Å²) in [5, 5.41) is 3.43. The number of anilines is 1. The second-order valence-electron chi connectivity index (χ2n) is 8.68. The Morgan fingerprint density at radius 1 is 1.09 bits per heavy atom. The Labute approximate surface area is 200 Å². The summed E-state index contributed by atoms with van der Waals surface area (Å²) >= 11 is 5.83. The minimum absolute atomic E-state index is 0.0568. The summed E-state index contributed by atoms with van der Waals surface area (Å²) < 4.78 is 27.7. The van der Waals surface area contributed by atoms with E-state index in [9.17, 15) is 18.0 Å². The van der Waals surface area contributed by atoms with Gasteiger partial charge in [-0.2, -0.15) is 0 Å². The van der Waals surface area contributed by atoms with Crippen molar-refractivity contribution >= 4 is 39.1 Å². The first-order valence-electron chi connectivity index (χ1n) is 11.1. The van der Waals surface area contributed by atoms with Crippen LogP contribution in [0, 0.1) is 11.8 Å². The molecule has 33 heavy (non-hydrogen) atoms. The van der Waals surface area contributed by atoms with Crippen LogP contribution in [-0.4, -0.2) is 44.8 Å². The Bertz CT molecular complexity index is 1080. The van der Waals surface area contributed by atoms with Gasteiger partial charge in [-0.15, -0.1) is 0 Å². The Kier molecular flexibility index (Phi) is 8.37. The predicted octanol–water partition coefficient (Wildman–Crippen LogP) is 4.16. The highest BCUT2D eigenvalue weighted by molar-refractivity contribution is 7.92. The fourth-order valence-corrected chi connectivity index (χ4v) is 4.87. The monoisotopic (exact) mass is 491 g/mol. The molecule has 2 aromatic carbocycles. The molecule has 0 aromatic heterocycles. The van der Waals surface area contributed by atoms with E-state index in [1.165, 1.54) is 30.3 Å². The molecule has 0 unspecified atom stereocenters. The third-order valence-electron chi connectivity index (χ3n) is 5.66. The van der Waals surface area contributed by atoms with Crippen LogP contribution in [0.4, 0.5) is 5.69 Å². The first-order valence-corrected chi connectivity index (χ1v) is 13.0. The molecule has 1 aliphatic heterocycles. The van der Waals surface area contributed by atoms with Crippen molar-refractivity contribution in [1.29, 1.82) is 0 Å². The molecule has 0 aliphatic carbocycles. The van der Waals surface area contributed by atoms with Crippen LogP contribution in [0.25, 0.3) is 0 Å². The molecule has 1 heterocycles. The highest BCUT2D eigenvalue weighted by atomic mass is 35.5. The predicted molar refractivity (Wildman–Crippen MR) is 130 cm³/mol. The van der Waals surface area contributed by atoms with E-state index in [1.54, 1.807) is 23.1 Å². The van der Waals surface area contributed by atoms with Crippen LogP contribution < -0.4 is 10.0 Å². The minimum atomic E-state index is -3.81. The second kappa shape index (κ2) is 11.0. The largest absolute Gasteiger partial charge is 0.356 e. The van der Waals surface area contributed by atoms with Gasteiger partial charge >= 0.3 is 0 Å². The maximum Gasteiger partial charge on any atom is 0.261 e. The third kappa shape index (κ3) is 6.95. The van der Waals surface area contributed by atoms with E-state index in [4.69, 9.17) is 11.6 Å². The Balaban J connectivity index is 1.59. The molecule has 7 nitrogen and oxygen atoms in total. The van der Waals surface area contributed by atoms with Crippen molar-refractivity contribution in [2.75, 3.05) is 24.4 Å². The summed E-state index contributed by atoms with van der Waals surface area (Å²) in [6.45, 7) is 5.89. The summed E-state index contributed by atoms with van der Waals surface area (Å²) in [7, 11) is -3.81.